The number of H-pyrrole nitrogens is 1. The van der Waals surface area contributed by atoms with E-state index in [1.807, 2.05) is 12.3 Å². The van der Waals surface area contributed by atoms with Gasteiger partial charge in [0, 0.05) is 29.1 Å². The van der Waals surface area contributed by atoms with Gasteiger partial charge in [-0.2, -0.15) is 0 Å². The van der Waals surface area contributed by atoms with Gasteiger partial charge in [0.1, 0.15) is 11.9 Å². The molecule has 0 fully saturated rings. The molecule has 5 heteroatoms. The average molecular weight is 274 g/mol. The van der Waals surface area contributed by atoms with Crippen molar-refractivity contribution in [3.8, 4) is 0 Å². The number of amides is 1. The number of benzene rings is 1. The number of hydrogen-bond donors (Lipinski definition) is 2. The van der Waals surface area contributed by atoms with Gasteiger partial charge in [-0.25, -0.2) is 9.18 Å². The molecular weight excluding hydrogens is 259 g/mol. The van der Waals surface area contributed by atoms with Crippen LogP contribution in [0.5, 0.6) is 0 Å². The summed E-state index contributed by atoms with van der Waals surface area (Å²) in [6.45, 7) is 0. The SMILES string of the molecule is NC(=O)OC1CC=C(c2c[nH]c3ccc(F)cc23)CC1. The van der Waals surface area contributed by atoms with Crippen LogP contribution in [0.1, 0.15) is 24.8 Å². The van der Waals surface area contributed by atoms with Crippen molar-refractivity contribution in [2.24, 2.45) is 5.73 Å². The van der Waals surface area contributed by atoms with E-state index < -0.39 is 6.09 Å². The van der Waals surface area contributed by atoms with Crippen LogP contribution in [0.15, 0.2) is 30.5 Å². The molecule has 2 aromatic rings. The molecule has 1 amide bonds. The van der Waals surface area contributed by atoms with Crippen LogP contribution >= 0.6 is 0 Å². The summed E-state index contributed by atoms with van der Waals surface area (Å²) in [7, 11) is 0. The number of carbonyl (C=O) groups excluding carboxylic acids is 1. The van der Waals surface area contributed by atoms with Crippen LogP contribution in [0, 0.1) is 5.82 Å². The zero-order chi connectivity index (χ0) is 14.1. The molecule has 0 saturated heterocycles. The maximum atomic E-state index is 13.4. The largest absolute Gasteiger partial charge is 0.446 e. The Hall–Kier alpha value is -2.30. The van der Waals surface area contributed by atoms with Crippen molar-refractivity contribution in [1.29, 1.82) is 0 Å². The van der Waals surface area contributed by atoms with Gasteiger partial charge in [0.05, 0.1) is 0 Å². The van der Waals surface area contributed by atoms with E-state index >= 15 is 0 Å². The molecule has 0 spiro atoms. The van der Waals surface area contributed by atoms with Gasteiger partial charge in [0.15, 0.2) is 0 Å². The van der Waals surface area contributed by atoms with Crippen LogP contribution in [-0.2, 0) is 4.74 Å². The molecule has 1 aliphatic rings. The number of ether oxygens (including phenoxy) is 1. The third-order valence-corrected chi connectivity index (χ3v) is 3.64. The number of aromatic amines is 1. The number of aromatic nitrogens is 1. The molecule has 3 N–H and O–H groups in total. The first-order valence-electron chi connectivity index (χ1n) is 6.55. The van der Waals surface area contributed by atoms with Gasteiger partial charge in [-0.05, 0) is 36.6 Å². The van der Waals surface area contributed by atoms with Gasteiger partial charge in [0.25, 0.3) is 0 Å². The molecule has 1 aromatic carbocycles. The van der Waals surface area contributed by atoms with Crippen molar-refractivity contribution in [3.05, 3.63) is 41.9 Å². The molecule has 1 unspecified atom stereocenters. The number of allylic oxidation sites excluding steroid dienone is 1. The standard InChI is InChI=1S/C15H15FN2O2/c16-10-3-6-14-12(7-10)13(8-18-14)9-1-4-11(5-2-9)20-15(17)19/h1,3,6-8,11,18H,2,4-5H2,(H2,17,19). The molecular formula is C15H15FN2O2. The Morgan fingerprint density at radius 3 is 3.00 bits per heavy atom. The van der Waals surface area contributed by atoms with Crippen molar-refractivity contribution >= 4 is 22.6 Å². The number of fused-ring (bicyclic) bond motifs is 1. The van der Waals surface area contributed by atoms with Crippen molar-refractivity contribution in [2.45, 2.75) is 25.4 Å². The first-order valence-corrected chi connectivity index (χ1v) is 6.55. The zero-order valence-electron chi connectivity index (χ0n) is 10.9. The molecule has 4 nitrogen and oxygen atoms in total. The van der Waals surface area contributed by atoms with Gasteiger partial charge in [0.2, 0.25) is 0 Å². The van der Waals surface area contributed by atoms with E-state index in [0.29, 0.717) is 6.42 Å². The Bertz CT molecular complexity index is 690. The second-order valence-corrected chi connectivity index (χ2v) is 4.95. The van der Waals surface area contributed by atoms with Crippen molar-refractivity contribution < 1.29 is 13.9 Å². The summed E-state index contributed by atoms with van der Waals surface area (Å²) in [6.07, 6.45) is 5.19. The smallest absolute Gasteiger partial charge is 0.404 e. The van der Waals surface area contributed by atoms with E-state index in [2.05, 4.69) is 4.98 Å². The molecule has 1 aliphatic carbocycles. The Morgan fingerprint density at radius 2 is 2.30 bits per heavy atom. The number of halogens is 1. The number of hydrogen-bond acceptors (Lipinski definition) is 2. The van der Waals surface area contributed by atoms with Crippen LogP contribution in [0.2, 0.25) is 0 Å². The zero-order valence-corrected chi connectivity index (χ0v) is 10.9. The topological polar surface area (TPSA) is 68.1 Å². The quantitative estimate of drug-likeness (QED) is 0.881. The summed E-state index contributed by atoms with van der Waals surface area (Å²) in [5, 5.41) is 0.880. The van der Waals surface area contributed by atoms with E-state index in [9.17, 15) is 9.18 Å². The van der Waals surface area contributed by atoms with Gasteiger partial charge in [-0.1, -0.05) is 6.08 Å². The monoisotopic (exact) mass is 274 g/mol. The summed E-state index contributed by atoms with van der Waals surface area (Å²) in [5.41, 5.74) is 8.09. The highest BCUT2D eigenvalue weighted by atomic mass is 19.1. The minimum atomic E-state index is -0.735. The van der Waals surface area contributed by atoms with E-state index in [4.69, 9.17) is 10.5 Å². The number of rotatable bonds is 2. The van der Waals surface area contributed by atoms with Crippen molar-refractivity contribution in [1.82, 2.24) is 4.98 Å². The average Bonchev–Trinajstić information content (AvgIpc) is 2.82. The predicted molar refractivity (Wildman–Crippen MR) is 74.5 cm³/mol. The van der Waals surface area contributed by atoms with E-state index in [1.165, 1.54) is 12.1 Å². The van der Waals surface area contributed by atoms with Gasteiger partial charge in [-0.15, -0.1) is 0 Å². The third-order valence-electron chi connectivity index (χ3n) is 3.64. The minimum Gasteiger partial charge on any atom is -0.446 e. The first kappa shape index (κ1) is 12.7. The summed E-state index contributed by atoms with van der Waals surface area (Å²) in [5.74, 6) is -0.246. The van der Waals surface area contributed by atoms with Crippen LogP contribution in [0.25, 0.3) is 16.5 Å². The molecule has 1 heterocycles. The Balaban J connectivity index is 1.87. The van der Waals surface area contributed by atoms with Crippen LogP contribution in [-0.4, -0.2) is 17.2 Å². The lowest BCUT2D eigenvalue weighted by molar-refractivity contribution is 0.102. The third kappa shape index (κ3) is 2.39. The van der Waals surface area contributed by atoms with Crippen molar-refractivity contribution in [2.75, 3.05) is 0 Å². The van der Waals surface area contributed by atoms with E-state index in [1.54, 1.807) is 6.07 Å². The molecule has 3 rings (SSSR count). The maximum Gasteiger partial charge on any atom is 0.404 e. The molecule has 20 heavy (non-hydrogen) atoms. The number of nitrogens with two attached hydrogens (primary N) is 1. The fourth-order valence-corrected chi connectivity index (χ4v) is 2.68. The Labute approximate surface area is 115 Å². The number of carbonyl (C=O) groups is 1. The number of nitrogens with one attached hydrogen (secondary N) is 1. The second-order valence-electron chi connectivity index (χ2n) is 4.95. The lowest BCUT2D eigenvalue weighted by atomic mass is 9.92. The fourth-order valence-electron chi connectivity index (χ4n) is 2.68. The molecule has 1 aromatic heterocycles. The molecule has 104 valence electrons. The first-order chi connectivity index (χ1) is 9.63. The predicted octanol–water partition coefficient (Wildman–Crippen LogP) is 3.34. The summed E-state index contributed by atoms with van der Waals surface area (Å²) >= 11 is 0. The van der Waals surface area contributed by atoms with E-state index in [0.717, 1.165) is 34.9 Å². The molecule has 0 radical (unpaired) electrons. The van der Waals surface area contributed by atoms with Gasteiger partial charge >= 0.3 is 6.09 Å². The second kappa shape index (κ2) is 5.00. The highest BCUT2D eigenvalue weighted by Crippen LogP contribution is 2.33. The summed E-state index contributed by atoms with van der Waals surface area (Å²) in [6, 6.07) is 4.71. The minimum absolute atomic E-state index is 0.154. The maximum absolute atomic E-state index is 13.4. The normalized spacial score (nSPS) is 18.9. The van der Waals surface area contributed by atoms with Crippen LogP contribution in [0.3, 0.4) is 0 Å². The molecule has 0 saturated carbocycles. The van der Waals surface area contributed by atoms with E-state index in [-0.39, 0.29) is 11.9 Å². The molecule has 0 aliphatic heterocycles. The van der Waals surface area contributed by atoms with Gasteiger partial charge in [-0.3, -0.25) is 0 Å². The molecule has 1 atom stereocenters. The Kier molecular flexibility index (Phi) is 3.18. The summed E-state index contributed by atoms with van der Waals surface area (Å²) in [4.78, 5) is 13.9. The highest BCUT2D eigenvalue weighted by Gasteiger charge is 2.19. The van der Waals surface area contributed by atoms with Crippen molar-refractivity contribution in [3.63, 3.8) is 0 Å². The van der Waals surface area contributed by atoms with Gasteiger partial charge < -0.3 is 15.5 Å². The number of primary amides is 1. The Morgan fingerprint density at radius 1 is 1.45 bits per heavy atom. The fraction of sp³-hybridized carbons (Fsp3) is 0.267. The van der Waals surface area contributed by atoms with Crippen LogP contribution < -0.4 is 5.73 Å². The highest BCUT2D eigenvalue weighted by molar-refractivity contribution is 5.92. The lowest BCUT2D eigenvalue weighted by Crippen LogP contribution is -2.23. The summed E-state index contributed by atoms with van der Waals surface area (Å²) < 4.78 is 18.4. The van der Waals surface area contributed by atoms with Crippen LogP contribution in [0.4, 0.5) is 9.18 Å². The molecule has 0 bridgehead atoms. The lowest BCUT2D eigenvalue weighted by Gasteiger charge is -2.21.